The summed E-state index contributed by atoms with van der Waals surface area (Å²) in [5.74, 6) is 1.03. The van der Waals surface area contributed by atoms with Gasteiger partial charge in [0.1, 0.15) is 11.6 Å². The van der Waals surface area contributed by atoms with Crippen LogP contribution in [0.2, 0.25) is 0 Å². The molecule has 1 saturated heterocycles. The predicted octanol–water partition coefficient (Wildman–Crippen LogP) is 6.62. The fraction of sp³-hybridized carbons (Fsp3) is 0.481. The van der Waals surface area contributed by atoms with E-state index in [0.717, 1.165) is 22.5 Å². The lowest BCUT2D eigenvalue weighted by molar-refractivity contribution is 0.0964. The molecule has 0 radical (unpaired) electrons. The van der Waals surface area contributed by atoms with E-state index in [0.29, 0.717) is 18.7 Å². The number of carbonyl (C=O) groups is 1. The Hall–Kier alpha value is -2.54. The second-order valence-corrected chi connectivity index (χ2v) is 11.5. The molecule has 2 aromatic carbocycles. The third-order valence-electron chi connectivity index (χ3n) is 6.48. The van der Waals surface area contributed by atoms with Gasteiger partial charge in [-0.3, -0.25) is 4.79 Å². The van der Waals surface area contributed by atoms with Gasteiger partial charge in [-0.15, -0.1) is 0 Å². The summed E-state index contributed by atoms with van der Waals surface area (Å²) in [4.78, 5) is 15.6. The van der Waals surface area contributed by atoms with E-state index in [9.17, 15) is 9.90 Å². The molecular formula is C27H35BrN4O2. The summed E-state index contributed by atoms with van der Waals surface area (Å²) in [6, 6.07) is 13.7. The Labute approximate surface area is 211 Å². The van der Waals surface area contributed by atoms with Crippen molar-refractivity contribution in [1.29, 1.82) is 5.53 Å². The highest BCUT2D eigenvalue weighted by Gasteiger charge is 2.40. The van der Waals surface area contributed by atoms with Crippen LogP contribution in [0.1, 0.15) is 74.5 Å². The highest BCUT2D eigenvalue weighted by atomic mass is 79.9. The molecule has 0 spiro atoms. The number of rotatable bonds is 6. The summed E-state index contributed by atoms with van der Waals surface area (Å²) in [7, 11) is 0. The van der Waals surface area contributed by atoms with Crippen molar-refractivity contribution in [1.82, 2.24) is 4.90 Å². The minimum absolute atomic E-state index is 0.0278. The SMILES string of the molecule is CC(C)(C)c1cc(C(=O)CN2C[C@H](CN=N)[C@@H](c3ccccc3)/C2=N/Br)cc(C(C)(C)C)c1O. The van der Waals surface area contributed by atoms with Crippen LogP contribution in [-0.2, 0) is 10.8 Å². The number of hydrogen-bond acceptors (Lipinski definition) is 5. The summed E-state index contributed by atoms with van der Waals surface area (Å²) in [6.45, 7) is 13.4. The van der Waals surface area contributed by atoms with Gasteiger partial charge in [-0.1, -0.05) is 71.9 Å². The Bertz CT molecular complexity index is 1050. The molecule has 7 heteroatoms. The molecule has 34 heavy (non-hydrogen) atoms. The topological polar surface area (TPSA) is 89.1 Å². The molecular weight excluding hydrogens is 492 g/mol. The first-order valence-corrected chi connectivity index (χ1v) is 12.3. The van der Waals surface area contributed by atoms with Gasteiger partial charge in [0.05, 0.1) is 29.2 Å². The molecule has 2 N–H and O–H groups in total. The highest BCUT2D eigenvalue weighted by Crippen LogP contribution is 2.40. The average molecular weight is 528 g/mol. The van der Waals surface area contributed by atoms with Gasteiger partial charge in [0.25, 0.3) is 0 Å². The standard InChI is InChI=1S/C27H35BrN4O2/c1-26(2,3)20-12-18(13-21(24(20)34)27(4,5)6)22(33)16-32-15-19(14-30-29)23(25(32)31-28)17-10-8-7-9-11-17/h7-13,19,23,29,34H,14-16H2,1-6H3/b30-29?,31-25-/t19-,23+/m0/s1. The fourth-order valence-electron chi connectivity index (χ4n) is 4.71. The number of aromatic hydroxyl groups is 1. The van der Waals surface area contributed by atoms with E-state index in [-0.39, 0.29) is 40.7 Å². The number of halogens is 1. The van der Waals surface area contributed by atoms with Crippen molar-refractivity contribution in [3.63, 3.8) is 0 Å². The van der Waals surface area contributed by atoms with Crippen LogP contribution in [0.25, 0.3) is 0 Å². The summed E-state index contributed by atoms with van der Waals surface area (Å²) in [5.41, 5.74) is 10.0. The first kappa shape index (κ1) is 26.1. The van der Waals surface area contributed by atoms with E-state index < -0.39 is 0 Å². The van der Waals surface area contributed by atoms with Gasteiger partial charge in [-0.25, -0.2) is 5.53 Å². The molecule has 0 saturated carbocycles. The molecule has 1 fully saturated rings. The van der Waals surface area contributed by atoms with Gasteiger partial charge in [0, 0.05) is 35.1 Å². The van der Waals surface area contributed by atoms with Gasteiger partial charge < -0.3 is 10.0 Å². The van der Waals surface area contributed by atoms with Crippen molar-refractivity contribution in [2.24, 2.45) is 15.1 Å². The normalized spacial score (nSPS) is 20.1. The van der Waals surface area contributed by atoms with Crippen molar-refractivity contribution in [2.45, 2.75) is 58.3 Å². The molecule has 1 heterocycles. The number of amidine groups is 1. The lowest BCUT2D eigenvalue weighted by Crippen LogP contribution is -2.32. The third kappa shape index (κ3) is 5.40. The molecule has 0 unspecified atom stereocenters. The summed E-state index contributed by atoms with van der Waals surface area (Å²) in [5, 5.41) is 14.7. The van der Waals surface area contributed by atoms with Crippen molar-refractivity contribution in [2.75, 3.05) is 19.6 Å². The van der Waals surface area contributed by atoms with Gasteiger partial charge in [-0.2, -0.15) is 9.13 Å². The molecule has 2 aromatic rings. The largest absolute Gasteiger partial charge is 0.507 e. The maximum atomic E-state index is 13.6. The lowest BCUT2D eigenvalue weighted by atomic mass is 9.78. The van der Waals surface area contributed by atoms with Crippen LogP contribution in [0.4, 0.5) is 0 Å². The first-order valence-electron chi connectivity index (χ1n) is 11.6. The van der Waals surface area contributed by atoms with Crippen molar-refractivity contribution >= 4 is 27.8 Å². The summed E-state index contributed by atoms with van der Waals surface area (Å²) < 4.78 is 4.39. The van der Waals surface area contributed by atoms with Gasteiger partial charge in [0.15, 0.2) is 5.78 Å². The lowest BCUT2D eigenvalue weighted by Gasteiger charge is -2.28. The fourth-order valence-corrected chi connectivity index (χ4v) is 5.15. The van der Waals surface area contributed by atoms with Crippen LogP contribution < -0.4 is 0 Å². The highest BCUT2D eigenvalue weighted by molar-refractivity contribution is 9.08. The van der Waals surface area contributed by atoms with E-state index in [1.807, 2.05) is 76.8 Å². The van der Waals surface area contributed by atoms with E-state index >= 15 is 0 Å². The van der Waals surface area contributed by atoms with E-state index in [1.165, 1.54) is 0 Å². The monoisotopic (exact) mass is 526 g/mol. The average Bonchev–Trinajstić information content (AvgIpc) is 3.09. The van der Waals surface area contributed by atoms with E-state index in [4.69, 9.17) is 5.53 Å². The molecule has 2 atom stereocenters. The number of phenols is 1. The Morgan fingerprint density at radius 1 is 1.09 bits per heavy atom. The number of benzene rings is 2. The Kier molecular flexibility index (Phi) is 7.65. The summed E-state index contributed by atoms with van der Waals surface area (Å²) in [6.07, 6.45) is 0. The predicted molar refractivity (Wildman–Crippen MR) is 140 cm³/mol. The van der Waals surface area contributed by atoms with Crippen LogP contribution in [0.5, 0.6) is 5.75 Å². The number of nitrogens with zero attached hydrogens (tertiary/aromatic N) is 3. The molecule has 3 rings (SSSR count). The Balaban J connectivity index is 1.98. The van der Waals surface area contributed by atoms with Crippen LogP contribution in [0, 0.1) is 11.4 Å². The van der Waals surface area contributed by atoms with Crippen molar-refractivity contribution < 1.29 is 9.90 Å². The molecule has 182 valence electrons. The van der Waals surface area contributed by atoms with Gasteiger partial charge >= 0.3 is 0 Å². The van der Waals surface area contributed by atoms with E-state index in [2.05, 4.69) is 37.4 Å². The zero-order valence-electron chi connectivity index (χ0n) is 20.9. The maximum absolute atomic E-state index is 13.6. The molecule has 0 bridgehead atoms. The number of likely N-dealkylation sites (tertiary alicyclic amines) is 1. The number of phenolic OH excluding ortho intramolecular Hbond substituents is 1. The van der Waals surface area contributed by atoms with E-state index in [1.54, 1.807) is 0 Å². The number of carbonyl (C=O) groups excluding carboxylic acids is 1. The van der Waals surface area contributed by atoms with Gasteiger partial charge in [0.2, 0.25) is 0 Å². The minimum atomic E-state index is -0.310. The van der Waals surface area contributed by atoms with Crippen molar-refractivity contribution in [3.05, 3.63) is 64.7 Å². The molecule has 0 aromatic heterocycles. The molecule has 6 nitrogen and oxygen atoms in total. The third-order valence-corrected chi connectivity index (χ3v) is 6.85. The number of hydrogen-bond donors (Lipinski definition) is 2. The van der Waals surface area contributed by atoms with Crippen LogP contribution >= 0.6 is 16.1 Å². The molecule has 0 amide bonds. The smallest absolute Gasteiger partial charge is 0.182 e. The number of ketones is 1. The molecule has 1 aliphatic rings. The molecule has 1 aliphatic heterocycles. The van der Waals surface area contributed by atoms with Crippen LogP contribution in [0.3, 0.4) is 0 Å². The minimum Gasteiger partial charge on any atom is -0.507 e. The number of nitrogens with one attached hydrogen (secondary N) is 1. The maximum Gasteiger partial charge on any atom is 0.182 e. The zero-order valence-corrected chi connectivity index (χ0v) is 22.5. The Morgan fingerprint density at radius 2 is 1.65 bits per heavy atom. The summed E-state index contributed by atoms with van der Waals surface area (Å²) >= 11 is 3.29. The Morgan fingerprint density at radius 3 is 2.12 bits per heavy atom. The second kappa shape index (κ2) is 9.98. The quantitative estimate of drug-likeness (QED) is 0.327. The molecule has 0 aliphatic carbocycles. The van der Waals surface area contributed by atoms with Crippen LogP contribution in [-0.4, -0.2) is 41.3 Å². The first-order chi connectivity index (χ1) is 15.9. The van der Waals surface area contributed by atoms with Crippen molar-refractivity contribution in [3.8, 4) is 5.75 Å². The number of Topliss-reactive ketones (excluding diaryl/α,β-unsaturated/α-hetero) is 1. The second-order valence-electron chi connectivity index (χ2n) is 11.2. The van der Waals surface area contributed by atoms with Gasteiger partial charge in [-0.05, 0) is 28.5 Å². The van der Waals surface area contributed by atoms with Crippen LogP contribution in [0.15, 0.2) is 51.6 Å². The zero-order chi connectivity index (χ0) is 25.3.